The highest BCUT2D eigenvalue weighted by Gasteiger charge is 2.14. The number of rotatable bonds is 0. The van der Waals surface area contributed by atoms with Crippen molar-refractivity contribution in [3.63, 3.8) is 0 Å². The molecular formula is C9H10ClNO. The highest BCUT2D eigenvalue weighted by atomic mass is 35.5. The quantitative estimate of drug-likeness (QED) is 0.616. The van der Waals surface area contributed by atoms with Crippen LogP contribution in [0.25, 0.3) is 0 Å². The van der Waals surface area contributed by atoms with Crippen LogP contribution in [-0.2, 0) is 0 Å². The summed E-state index contributed by atoms with van der Waals surface area (Å²) in [5.41, 5.74) is 1.03. The van der Waals surface area contributed by atoms with E-state index in [9.17, 15) is 5.11 Å². The maximum absolute atomic E-state index is 9.42. The van der Waals surface area contributed by atoms with E-state index in [1.807, 2.05) is 36.6 Å². The average molecular weight is 184 g/mol. The van der Waals surface area contributed by atoms with Gasteiger partial charge in [-0.2, -0.15) is 0 Å². The van der Waals surface area contributed by atoms with Gasteiger partial charge in [-0.05, 0) is 24.3 Å². The van der Waals surface area contributed by atoms with Gasteiger partial charge in [0.15, 0.2) is 0 Å². The van der Waals surface area contributed by atoms with Crippen LogP contribution in [0.5, 0.6) is 0 Å². The van der Waals surface area contributed by atoms with Gasteiger partial charge in [0.1, 0.15) is 6.23 Å². The number of nitrogens with zero attached hydrogens (tertiary/aromatic N) is 1. The highest BCUT2D eigenvalue weighted by molar-refractivity contribution is 5.85. The van der Waals surface area contributed by atoms with Crippen LogP contribution in [0, 0.1) is 0 Å². The minimum absolute atomic E-state index is 0. The predicted molar refractivity (Wildman–Crippen MR) is 50.6 cm³/mol. The largest absolute Gasteiger partial charge is 0.370 e. The summed E-state index contributed by atoms with van der Waals surface area (Å²) < 4.78 is 0. The molecule has 0 aromatic heterocycles. The van der Waals surface area contributed by atoms with Gasteiger partial charge >= 0.3 is 0 Å². The average Bonchev–Trinajstić information content (AvgIpc) is 2.06. The van der Waals surface area contributed by atoms with Crippen molar-refractivity contribution in [3.8, 4) is 0 Å². The summed E-state index contributed by atoms with van der Waals surface area (Å²) in [6.07, 6.45) is 12.7. The maximum Gasteiger partial charge on any atom is 0.150 e. The monoisotopic (exact) mass is 183 g/mol. The van der Waals surface area contributed by atoms with E-state index in [0.717, 1.165) is 5.70 Å². The SMILES string of the molecule is Cl.OC1C=CC=C2C=CC=CN21. The summed E-state index contributed by atoms with van der Waals surface area (Å²) in [5, 5.41) is 9.42. The third-order valence-corrected chi connectivity index (χ3v) is 1.76. The van der Waals surface area contributed by atoms with Crippen LogP contribution >= 0.6 is 12.4 Å². The first-order valence-electron chi connectivity index (χ1n) is 3.58. The third-order valence-electron chi connectivity index (χ3n) is 1.76. The van der Waals surface area contributed by atoms with Gasteiger partial charge in [-0.3, -0.25) is 0 Å². The maximum atomic E-state index is 9.42. The van der Waals surface area contributed by atoms with E-state index in [0.29, 0.717) is 0 Å². The number of fused-ring (bicyclic) bond motifs is 1. The summed E-state index contributed by atoms with van der Waals surface area (Å²) in [7, 11) is 0. The number of allylic oxidation sites excluding steroid dienone is 5. The molecule has 0 fully saturated rings. The van der Waals surface area contributed by atoms with Crippen molar-refractivity contribution in [1.29, 1.82) is 0 Å². The molecule has 0 saturated heterocycles. The Balaban J connectivity index is 0.000000720. The zero-order valence-corrected chi connectivity index (χ0v) is 7.24. The fraction of sp³-hybridized carbons (Fsp3) is 0.111. The molecule has 0 radical (unpaired) electrons. The van der Waals surface area contributed by atoms with Gasteiger partial charge in [0.2, 0.25) is 0 Å². The lowest BCUT2D eigenvalue weighted by Gasteiger charge is -2.28. The number of hydrogen-bond acceptors (Lipinski definition) is 2. The predicted octanol–water partition coefficient (Wildman–Crippen LogP) is 1.57. The summed E-state index contributed by atoms with van der Waals surface area (Å²) >= 11 is 0. The molecule has 0 aliphatic carbocycles. The Kier molecular flexibility index (Phi) is 2.74. The number of aliphatic hydroxyl groups excluding tert-OH is 1. The van der Waals surface area contributed by atoms with E-state index in [1.54, 1.807) is 11.0 Å². The first kappa shape index (κ1) is 9.10. The molecule has 0 spiro atoms. The second-order valence-electron chi connectivity index (χ2n) is 2.50. The van der Waals surface area contributed by atoms with Crippen LogP contribution in [0.3, 0.4) is 0 Å². The van der Waals surface area contributed by atoms with Crippen LogP contribution in [0.4, 0.5) is 0 Å². The molecule has 1 atom stereocenters. The van der Waals surface area contributed by atoms with Gasteiger partial charge in [-0.1, -0.05) is 12.2 Å². The van der Waals surface area contributed by atoms with Gasteiger partial charge in [0.05, 0.1) is 0 Å². The number of hydrogen-bond donors (Lipinski definition) is 1. The summed E-state index contributed by atoms with van der Waals surface area (Å²) in [5.74, 6) is 0. The topological polar surface area (TPSA) is 23.5 Å². The van der Waals surface area contributed by atoms with Crippen LogP contribution in [0.1, 0.15) is 0 Å². The zero-order chi connectivity index (χ0) is 7.68. The molecule has 2 rings (SSSR count). The lowest BCUT2D eigenvalue weighted by Crippen LogP contribution is -2.29. The third kappa shape index (κ3) is 1.44. The van der Waals surface area contributed by atoms with E-state index >= 15 is 0 Å². The summed E-state index contributed by atoms with van der Waals surface area (Å²) in [6.45, 7) is 0. The highest BCUT2D eigenvalue weighted by Crippen LogP contribution is 2.18. The number of aliphatic hydroxyl groups is 1. The van der Waals surface area contributed by atoms with E-state index in [-0.39, 0.29) is 12.4 Å². The molecule has 0 amide bonds. The second-order valence-corrected chi connectivity index (χ2v) is 2.50. The lowest BCUT2D eigenvalue weighted by atomic mass is 10.2. The van der Waals surface area contributed by atoms with Crippen molar-refractivity contribution in [1.82, 2.24) is 4.90 Å². The fourth-order valence-electron chi connectivity index (χ4n) is 1.20. The van der Waals surface area contributed by atoms with E-state index < -0.39 is 6.23 Å². The molecular weight excluding hydrogens is 174 g/mol. The molecule has 0 aromatic carbocycles. The Morgan fingerprint density at radius 1 is 1.25 bits per heavy atom. The van der Waals surface area contributed by atoms with Crippen LogP contribution in [-0.4, -0.2) is 16.2 Å². The number of halogens is 1. The lowest BCUT2D eigenvalue weighted by molar-refractivity contribution is 0.104. The Bertz CT molecular complexity index is 278. The summed E-state index contributed by atoms with van der Waals surface area (Å²) in [6, 6.07) is 0. The van der Waals surface area contributed by atoms with Crippen LogP contribution in [0.15, 0.2) is 48.4 Å². The van der Waals surface area contributed by atoms with Crippen molar-refractivity contribution >= 4 is 12.4 Å². The van der Waals surface area contributed by atoms with Crippen molar-refractivity contribution in [2.45, 2.75) is 6.23 Å². The molecule has 1 unspecified atom stereocenters. The first-order valence-corrected chi connectivity index (χ1v) is 3.58. The molecule has 12 heavy (non-hydrogen) atoms. The molecule has 3 heteroatoms. The second kappa shape index (κ2) is 3.61. The van der Waals surface area contributed by atoms with E-state index in [2.05, 4.69) is 0 Å². The molecule has 2 aliphatic heterocycles. The van der Waals surface area contributed by atoms with Crippen LogP contribution < -0.4 is 0 Å². The Morgan fingerprint density at radius 3 is 2.83 bits per heavy atom. The van der Waals surface area contributed by atoms with Crippen molar-refractivity contribution in [2.24, 2.45) is 0 Å². The molecule has 0 bridgehead atoms. The van der Waals surface area contributed by atoms with E-state index in [4.69, 9.17) is 0 Å². The van der Waals surface area contributed by atoms with Crippen molar-refractivity contribution < 1.29 is 5.11 Å². The van der Waals surface area contributed by atoms with Crippen LogP contribution in [0.2, 0.25) is 0 Å². The Morgan fingerprint density at radius 2 is 2.08 bits per heavy atom. The van der Waals surface area contributed by atoms with Gasteiger partial charge in [-0.15, -0.1) is 12.4 Å². The molecule has 2 nitrogen and oxygen atoms in total. The van der Waals surface area contributed by atoms with Gasteiger partial charge in [0, 0.05) is 11.9 Å². The molecule has 64 valence electrons. The van der Waals surface area contributed by atoms with E-state index in [1.165, 1.54) is 0 Å². The normalized spacial score (nSPS) is 24.6. The van der Waals surface area contributed by atoms with Crippen molar-refractivity contribution in [3.05, 3.63) is 48.4 Å². The van der Waals surface area contributed by atoms with Gasteiger partial charge < -0.3 is 10.0 Å². The Hall–Kier alpha value is -0.990. The molecule has 0 aromatic rings. The molecule has 2 aliphatic rings. The van der Waals surface area contributed by atoms with Crippen molar-refractivity contribution in [2.75, 3.05) is 0 Å². The first-order chi connectivity index (χ1) is 5.38. The zero-order valence-electron chi connectivity index (χ0n) is 6.42. The Labute approximate surface area is 77.6 Å². The molecule has 0 saturated carbocycles. The minimum Gasteiger partial charge on any atom is -0.370 e. The minimum atomic E-state index is -0.504. The molecule has 1 N–H and O–H groups in total. The van der Waals surface area contributed by atoms with Gasteiger partial charge in [0.25, 0.3) is 0 Å². The summed E-state index contributed by atoms with van der Waals surface area (Å²) in [4.78, 5) is 1.81. The van der Waals surface area contributed by atoms with Gasteiger partial charge in [-0.25, -0.2) is 0 Å². The molecule has 2 heterocycles. The fourth-order valence-corrected chi connectivity index (χ4v) is 1.20. The smallest absolute Gasteiger partial charge is 0.150 e. The standard InChI is InChI=1S/C9H9NO.ClH/c11-9-6-3-5-8-4-1-2-7-10(8)9;/h1-7,9,11H;1H.